The number of carbonyl (C=O) groups is 1. The molecule has 0 bridgehead atoms. The van der Waals surface area contributed by atoms with Gasteiger partial charge >= 0.3 is 5.97 Å². The fraction of sp³-hybridized carbons (Fsp3) is 0.308. The monoisotopic (exact) mass is 204 g/mol. The van der Waals surface area contributed by atoms with Crippen LogP contribution < -0.4 is 0 Å². The van der Waals surface area contributed by atoms with Crippen molar-refractivity contribution in [2.45, 2.75) is 19.8 Å². The maximum absolute atomic E-state index is 11.1. The van der Waals surface area contributed by atoms with E-state index in [0.717, 1.165) is 0 Å². The Morgan fingerprint density at radius 1 is 1.40 bits per heavy atom. The lowest BCUT2D eigenvalue weighted by Gasteiger charge is -2.05. The molecule has 2 nitrogen and oxygen atoms in total. The van der Waals surface area contributed by atoms with E-state index < -0.39 is 0 Å². The molecule has 0 heterocycles. The van der Waals surface area contributed by atoms with Gasteiger partial charge in [0.2, 0.25) is 0 Å². The molecule has 0 aromatic heterocycles. The molecule has 0 N–H and O–H groups in total. The Labute approximate surface area is 90.6 Å². The Bertz CT molecular complexity index is 328. The Balaban J connectivity index is 2.56. The first-order valence-electron chi connectivity index (χ1n) is 5.14. The van der Waals surface area contributed by atoms with Crippen LogP contribution in [0.2, 0.25) is 0 Å². The minimum Gasteiger partial charge on any atom is -0.463 e. The molecular weight excluding hydrogens is 188 g/mol. The molecule has 1 aromatic carbocycles. The zero-order valence-corrected chi connectivity index (χ0v) is 9.14. The number of carbonyl (C=O) groups excluding carboxylic acids is 1. The summed E-state index contributed by atoms with van der Waals surface area (Å²) in [6.45, 7) is 4.26. The summed E-state index contributed by atoms with van der Waals surface area (Å²) < 4.78 is 4.80. The van der Waals surface area contributed by atoms with Crippen LogP contribution in [0.25, 0.3) is 0 Å². The Hall–Kier alpha value is -1.57. The van der Waals surface area contributed by atoms with Crippen molar-refractivity contribution in [2.75, 3.05) is 6.61 Å². The van der Waals surface area contributed by atoms with Crippen LogP contribution in [0, 0.1) is 0 Å². The molecule has 0 amide bonds. The first-order chi connectivity index (χ1) is 7.24. The molecular formula is C13H16O2. The molecule has 0 aliphatic carbocycles. The minimum atomic E-state index is -0.278. The fourth-order valence-corrected chi connectivity index (χ4v) is 1.28. The molecule has 0 fully saturated rings. The first kappa shape index (κ1) is 11.5. The standard InChI is InChI=1S/C13H16O2/c1-3-15-13(14)10-9-11(2)12-7-5-4-6-8-12/h4-11H,3H2,1-2H3/b10-9-. The van der Waals surface area contributed by atoms with E-state index in [1.807, 2.05) is 43.3 Å². The minimum absolute atomic E-state index is 0.232. The second-order valence-electron chi connectivity index (χ2n) is 3.31. The Kier molecular flexibility index (Phi) is 4.61. The van der Waals surface area contributed by atoms with Gasteiger partial charge in [0, 0.05) is 6.08 Å². The summed E-state index contributed by atoms with van der Waals surface area (Å²) in [6, 6.07) is 10.0. The van der Waals surface area contributed by atoms with Crippen molar-refractivity contribution >= 4 is 5.97 Å². The van der Waals surface area contributed by atoms with Gasteiger partial charge in [0.15, 0.2) is 0 Å². The first-order valence-corrected chi connectivity index (χ1v) is 5.14. The normalized spacial score (nSPS) is 12.7. The van der Waals surface area contributed by atoms with Gasteiger partial charge in [0.1, 0.15) is 0 Å². The highest BCUT2D eigenvalue weighted by atomic mass is 16.5. The maximum Gasteiger partial charge on any atom is 0.330 e. The van der Waals surface area contributed by atoms with Crippen LogP contribution in [0.5, 0.6) is 0 Å². The van der Waals surface area contributed by atoms with Crippen molar-refractivity contribution in [3.05, 3.63) is 48.0 Å². The van der Waals surface area contributed by atoms with Gasteiger partial charge in [-0.25, -0.2) is 4.79 Å². The van der Waals surface area contributed by atoms with Crippen molar-refractivity contribution in [3.8, 4) is 0 Å². The van der Waals surface area contributed by atoms with E-state index in [2.05, 4.69) is 0 Å². The molecule has 1 atom stereocenters. The van der Waals surface area contributed by atoms with E-state index in [9.17, 15) is 4.79 Å². The third kappa shape index (κ3) is 3.98. The summed E-state index contributed by atoms with van der Waals surface area (Å²) in [5, 5.41) is 0. The average Bonchev–Trinajstić information content (AvgIpc) is 2.27. The third-order valence-corrected chi connectivity index (χ3v) is 2.13. The molecule has 0 saturated carbocycles. The maximum atomic E-state index is 11.1. The van der Waals surface area contributed by atoms with E-state index in [1.165, 1.54) is 11.6 Å². The van der Waals surface area contributed by atoms with E-state index in [-0.39, 0.29) is 11.9 Å². The molecule has 1 aromatic rings. The highest BCUT2D eigenvalue weighted by molar-refractivity contribution is 5.82. The zero-order chi connectivity index (χ0) is 11.1. The molecule has 0 aliphatic heterocycles. The number of benzene rings is 1. The SMILES string of the molecule is CCOC(=O)/C=C\C(C)c1ccccc1. The van der Waals surface area contributed by atoms with Gasteiger partial charge in [0.25, 0.3) is 0 Å². The van der Waals surface area contributed by atoms with Gasteiger partial charge in [-0.05, 0) is 18.4 Å². The fourth-order valence-electron chi connectivity index (χ4n) is 1.28. The van der Waals surface area contributed by atoms with Gasteiger partial charge in [-0.3, -0.25) is 0 Å². The van der Waals surface area contributed by atoms with Crippen LogP contribution in [-0.2, 0) is 9.53 Å². The summed E-state index contributed by atoms with van der Waals surface area (Å²) in [7, 11) is 0. The number of hydrogen-bond donors (Lipinski definition) is 0. The average molecular weight is 204 g/mol. The van der Waals surface area contributed by atoms with Gasteiger partial charge in [0.05, 0.1) is 6.61 Å². The van der Waals surface area contributed by atoms with Crippen LogP contribution in [0.3, 0.4) is 0 Å². The molecule has 2 heteroatoms. The number of rotatable bonds is 4. The second-order valence-corrected chi connectivity index (χ2v) is 3.31. The number of hydrogen-bond acceptors (Lipinski definition) is 2. The Morgan fingerprint density at radius 3 is 2.67 bits per heavy atom. The predicted molar refractivity (Wildman–Crippen MR) is 60.6 cm³/mol. The number of esters is 1. The van der Waals surface area contributed by atoms with Gasteiger partial charge in [-0.2, -0.15) is 0 Å². The quantitative estimate of drug-likeness (QED) is 0.557. The number of ether oxygens (including phenoxy) is 1. The molecule has 0 aliphatic rings. The van der Waals surface area contributed by atoms with Crippen molar-refractivity contribution in [1.29, 1.82) is 0 Å². The van der Waals surface area contributed by atoms with Crippen molar-refractivity contribution in [1.82, 2.24) is 0 Å². The van der Waals surface area contributed by atoms with Crippen molar-refractivity contribution in [3.63, 3.8) is 0 Å². The highest BCUT2D eigenvalue weighted by Crippen LogP contribution is 2.15. The molecule has 0 saturated heterocycles. The van der Waals surface area contributed by atoms with Gasteiger partial charge in [-0.15, -0.1) is 0 Å². The molecule has 80 valence electrons. The highest BCUT2D eigenvalue weighted by Gasteiger charge is 2.01. The summed E-state index contributed by atoms with van der Waals surface area (Å²) in [5.74, 6) is -0.0455. The lowest BCUT2D eigenvalue weighted by molar-refractivity contribution is -0.137. The number of allylic oxidation sites excluding steroid dienone is 1. The summed E-state index contributed by atoms with van der Waals surface area (Å²) >= 11 is 0. The van der Waals surface area contributed by atoms with E-state index in [1.54, 1.807) is 6.92 Å². The lowest BCUT2D eigenvalue weighted by Crippen LogP contribution is -2.00. The summed E-state index contributed by atoms with van der Waals surface area (Å²) in [6.07, 6.45) is 3.34. The van der Waals surface area contributed by atoms with Crippen molar-refractivity contribution in [2.24, 2.45) is 0 Å². The lowest BCUT2D eigenvalue weighted by atomic mass is 10.0. The largest absolute Gasteiger partial charge is 0.463 e. The molecule has 15 heavy (non-hydrogen) atoms. The zero-order valence-electron chi connectivity index (χ0n) is 9.14. The van der Waals surface area contributed by atoms with Crippen LogP contribution >= 0.6 is 0 Å². The van der Waals surface area contributed by atoms with E-state index in [4.69, 9.17) is 4.74 Å². The molecule has 0 spiro atoms. The topological polar surface area (TPSA) is 26.3 Å². The van der Waals surface area contributed by atoms with Crippen LogP contribution in [0.1, 0.15) is 25.3 Å². The molecule has 1 unspecified atom stereocenters. The third-order valence-electron chi connectivity index (χ3n) is 2.13. The van der Waals surface area contributed by atoms with Crippen LogP contribution in [0.15, 0.2) is 42.5 Å². The van der Waals surface area contributed by atoms with Crippen LogP contribution in [0.4, 0.5) is 0 Å². The van der Waals surface area contributed by atoms with Gasteiger partial charge in [-0.1, -0.05) is 43.3 Å². The van der Waals surface area contributed by atoms with Crippen molar-refractivity contribution < 1.29 is 9.53 Å². The molecule has 0 radical (unpaired) electrons. The summed E-state index contributed by atoms with van der Waals surface area (Å²) in [4.78, 5) is 11.1. The van der Waals surface area contributed by atoms with Crippen LogP contribution in [-0.4, -0.2) is 12.6 Å². The second kappa shape index (κ2) is 6.02. The van der Waals surface area contributed by atoms with E-state index >= 15 is 0 Å². The Morgan fingerprint density at radius 2 is 2.07 bits per heavy atom. The van der Waals surface area contributed by atoms with E-state index in [0.29, 0.717) is 6.61 Å². The van der Waals surface area contributed by atoms with Gasteiger partial charge < -0.3 is 4.74 Å². The smallest absolute Gasteiger partial charge is 0.330 e. The summed E-state index contributed by atoms with van der Waals surface area (Å²) in [5.41, 5.74) is 1.19. The molecule has 1 rings (SSSR count). The predicted octanol–water partition coefficient (Wildman–Crippen LogP) is 2.91.